The van der Waals surface area contributed by atoms with E-state index in [0.29, 0.717) is 0 Å². The summed E-state index contributed by atoms with van der Waals surface area (Å²) in [7, 11) is 1.09. The van der Waals surface area contributed by atoms with Crippen LogP contribution in [0.2, 0.25) is 0 Å². The van der Waals surface area contributed by atoms with Gasteiger partial charge in [0, 0.05) is 35.4 Å². The van der Waals surface area contributed by atoms with Crippen molar-refractivity contribution < 1.29 is 38.4 Å². The first-order valence-electron chi connectivity index (χ1n) is 9.61. The lowest BCUT2D eigenvalue weighted by Crippen LogP contribution is -2.20. The second kappa shape index (κ2) is 10.8. The molecule has 0 bridgehead atoms. The highest BCUT2D eigenvalue weighted by atomic mass is 16.6. The van der Waals surface area contributed by atoms with Gasteiger partial charge in [0.2, 0.25) is 0 Å². The van der Waals surface area contributed by atoms with E-state index in [0.717, 1.165) is 43.5 Å². The Morgan fingerprint density at radius 3 is 1.82 bits per heavy atom. The predicted molar refractivity (Wildman–Crippen MR) is 113 cm³/mol. The number of carbonyl (C=O) groups is 3. The highest BCUT2D eigenvalue weighted by Crippen LogP contribution is 2.34. The summed E-state index contributed by atoms with van der Waals surface area (Å²) in [5.74, 6) is -2.42. The average Bonchev–Trinajstić information content (AvgIpc) is 2.77. The highest BCUT2D eigenvalue weighted by Gasteiger charge is 2.26. The summed E-state index contributed by atoms with van der Waals surface area (Å²) in [5.41, 5.74) is -1.49. The third kappa shape index (κ3) is 6.09. The predicted octanol–water partition coefficient (Wildman–Crippen LogP) is 3.46. The van der Waals surface area contributed by atoms with Gasteiger partial charge in [0.05, 0.1) is 41.1 Å². The number of benzene rings is 2. The fraction of sp³-hybridized carbons (Fsp3) is 0.286. The molecule has 0 aromatic heterocycles. The van der Waals surface area contributed by atoms with Crippen LogP contribution in [0.3, 0.4) is 0 Å². The van der Waals surface area contributed by atoms with Crippen LogP contribution < -0.4 is 0 Å². The topological polar surface area (TPSA) is 165 Å². The summed E-state index contributed by atoms with van der Waals surface area (Å²) >= 11 is 0. The first kappa shape index (κ1) is 24.9. The molecule has 0 N–H and O–H groups in total. The van der Waals surface area contributed by atoms with Crippen LogP contribution in [-0.4, -0.2) is 47.6 Å². The third-order valence-electron chi connectivity index (χ3n) is 4.41. The van der Waals surface area contributed by atoms with Crippen LogP contribution in [0.1, 0.15) is 41.0 Å². The minimum Gasteiger partial charge on any atom is -0.466 e. The summed E-state index contributed by atoms with van der Waals surface area (Å²) in [5, 5.41) is 22.6. The molecule has 12 nitrogen and oxygen atoms in total. The lowest BCUT2D eigenvalue weighted by molar-refractivity contribution is -0.385. The first-order chi connectivity index (χ1) is 15.6. The monoisotopic (exact) mass is 460 g/mol. The molecule has 2 aromatic carbocycles. The number of esters is 3. The van der Waals surface area contributed by atoms with Gasteiger partial charge >= 0.3 is 17.9 Å². The molecule has 2 aromatic rings. The molecule has 0 unspecified atom stereocenters. The number of hydrogen-bond donors (Lipinski definition) is 0. The normalized spacial score (nSPS) is 11.2. The maximum atomic E-state index is 12.8. The van der Waals surface area contributed by atoms with Gasteiger partial charge in [-0.3, -0.25) is 25.0 Å². The number of ether oxygens (including phenoxy) is 3. The Balaban J connectivity index is 2.62. The van der Waals surface area contributed by atoms with E-state index in [2.05, 4.69) is 0 Å². The van der Waals surface area contributed by atoms with Crippen molar-refractivity contribution in [2.75, 3.05) is 13.7 Å². The van der Waals surface area contributed by atoms with Crippen molar-refractivity contribution in [3.8, 4) is 11.1 Å². The van der Waals surface area contributed by atoms with Crippen molar-refractivity contribution in [3.05, 3.63) is 67.8 Å². The Labute approximate surface area is 187 Å². The van der Waals surface area contributed by atoms with Crippen molar-refractivity contribution in [2.45, 2.75) is 26.4 Å². The third-order valence-corrected chi connectivity index (χ3v) is 4.41. The zero-order valence-corrected chi connectivity index (χ0v) is 17.9. The van der Waals surface area contributed by atoms with Gasteiger partial charge in [-0.25, -0.2) is 9.59 Å². The minimum absolute atomic E-state index is 0.134. The molecule has 33 heavy (non-hydrogen) atoms. The lowest BCUT2D eigenvalue weighted by Gasteiger charge is -2.16. The lowest BCUT2D eigenvalue weighted by atomic mass is 9.94. The maximum absolute atomic E-state index is 12.8. The zero-order chi connectivity index (χ0) is 24.7. The number of nitrogens with zero attached hydrogens (tertiary/aromatic N) is 2. The molecule has 174 valence electrons. The van der Waals surface area contributed by atoms with Crippen molar-refractivity contribution in [1.82, 2.24) is 0 Å². The molecule has 0 saturated carbocycles. The van der Waals surface area contributed by atoms with Crippen LogP contribution in [0.4, 0.5) is 11.4 Å². The molecule has 0 radical (unpaired) electrons. The van der Waals surface area contributed by atoms with E-state index in [4.69, 9.17) is 14.2 Å². The van der Waals surface area contributed by atoms with E-state index >= 15 is 0 Å². The molecule has 0 aliphatic carbocycles. The summed E-state index contributed by atoms with van der Waals surface area (Å²) in [6.07, 6.45) is -1.13. The van der Waals surface area contributed by atoms with Crippen molar-refractivity contribution in [3.63, 3.8) is 0 Å². The second-order valence-corrected chi connectivity index (χ2v) is 6.69. The largest absolute Gasteiger partial charge is 0.466 e. The van der Waals surface area contributed by atoms with E-state index in [1.165, 1.54) is 6.92 Å². The molecule has 0 spiro atoms. The van der Waals surface area contributed by atoms with E-state index in [1.54, 1.807) is 6.92 Å². The molecule has 0 fully saturated rings. The Hall–Kier alpha value is -4.35. The van der Waals surface area contributed by atoms with Crippen LogP contribution >= 0.6 is 0 Å². The van der Waals surface area contributed by atoms with Gasteiger partial charge in [-0.15, -0.1) is 0 Å². The molecule has 0 aliphatic rings. The number of hydrogen-bond acceptors (Lipinski definition) is 10. The van der Waals surface area contributed by atoms with Gasteiger partial charge in [0.1, 0.15) is 6.10 Å². The number of nitro benzene ring substituents is 2. The number of rotatable bonds is 9. The van der Waals surface area contributed by atoms with Gasteiger partial charge in [-0.05, 0) is 26.0 Å². The quantitative estimate of drug-likeness (QED) is 0.234. The minimum atomic E-state index is -0.959. The smallest absolute Gasteiger partial charge is 0.339 e. The summed E-state index contributed by atoms with van der Waals surface area (Å²) in [6, 6.07) is 6.34. The van der Waals surface area contributed by atoms with Gasteiger partial charge in [-0.2, -0.15) is 0 Å². The Kier molecular flexibility index (Phi) is 8.15. The number of non-ortho nitro benzene ring substituents is 2. The Morgan fingerprint density at radius 1 is 0.909 bits per heavy atom. The zero-order valence-electron chi connectivity index (χ0n) is 17.9. The van der Waals surface area contributed by atoms with E-state index < -0.39 is 45.2 Å². The number of carbonyl (C=O) groups excluding carboxylic acids is 3. The average molecular weight is 460 g/mol. The molecule has 0 aliphatic heterocycles. The molecule has 1 atom stereocenters. The summed E-state index contributed by atoms with van der Waals surface area (Å²) < 4.78 is 14.8. The molecule has 2 rings (SSSR count). The van der Waals surface area contributed by atoms with Gasteiger partial charge in [-0.1, -0.05) is 0 Å². The molecule has 0 saturated heterocycles. The highest BCUT2D eigenvalue weighted by molar-refractivity contribution is 6.04. The molecule has 0 amide bonds. The van der Waals surface area contributed by atoms with Crippen LogP contribution in [0.5, 0.6) is 0 Å². The number of methoxy groups -OCH3 is 1. The SMILES string of the molecule is CCOC(=O)C[C@H](C)OC(=O)c1ccc([N+](=O)[O-])cc1-c1cc([N+](=O)[O-])ccc1C(=O)OC. The first-order valence-corrected chi connectivity index (χ1v) is 9.61. The maximum Gasteiger partial charge on any atom is 0.339 e. The molecule has 0 heterocycles. The molecule has 12 heteroatoms. The molecular formula is C21H20N2O10. The van der Waals surface area contributed by atoms with Crippen LogP contribution in [0.15, 0.2) is 36.4 Å². The molecular weight excluding hydrogens is 440 g/mol. The van der Waals surface area contributed by atoms with Gasteiger partial charge < -0.3 is 14.2 Å². The van der Waals surface area contributed by atoms with Crippen LogP contribution in [0.25, 0.3) is 11.1 Å². The van der Waals surface area contributed by atoms with Crippen molar-refractivity contribution in [1.29, 1.82) is 0 Å². The van der Waals surface area contributed by atoms with E-state index in [-0.39, 0.29) is 35.3 Å². The Bertz CT molecular complexity index is 1110. The summed E-state index contributed by atoms with van der Waals surface area (Å²) in [6.45, 7) is 3.22. The van der Waals surface area contributed by atoms with Gasteiger partial charge in [0.25, 0.3) is 11.4 Å². The number of nitro groups is 2. The van der Waals surface area contributed by atoms with Crippen LogP contribution in [0, 0.1) is 20.2 Å². The standard InChI is InChI=1S/C21H20N2O10/c1-4-32-19(24)9-12(2)33-21(26)16-8-6-14(23(29)30)11-18(16)17-10-13(22(27)28)5-7-15(17)20(25)31-3/h5-8,10-12H,4,9H2,1-3H3/t12-/m0/s1. The fourth-order valence-corrected chi connectivity index (χ4v) is 2.95. The van der Waals surface area contributed by atoms with Crippen LogP contribution in [-0.2, 0) is 19.0 Å². The van der Waals surface area contributed by atoms with Crippen molar-refractivity contribution >= 4 is 29.3 Å². The summed E-state index contributed by atoms with van der Waals surface area (Å²) in [4.78, 5) is 57.9. The second-order valence-electron chi connectivity index (χ2n) is 6.69. The van der Waals surface area contributed by atoms with Gasteiger partial charge in [0.15, 0.2) is 0 Å². The fourth-order valence-electron chi connectivity index (χ4n) is 2.95. The Morgan fingerprint density at radius 2 is 1.39 bits per heavy atom. The van der Waals surface area contributed by atoms with E-state index in [9.17, 15) is 34.6 Å². The van der Waals surface area contributed by atoms with E-state index in [1.807, 2.05) is 0 Å². The van der Waals surface area contributed by atoms with Crippen molar-refractivity contribution in [2.24, 2.45) is 0 Å².